The molecule has 0 unspecified atom stereocenters. The van der Waals surface area contributed by atoms with Crippen molar-refractivity contribution < 1.29 is 14.1 Å². The van der Waals surface area contributed by atoms with Gasteiger partial charge in [0.15, 0.2) is 5.75 Å². The summed E-state index contributed by atoms with van der Waals surface area (Å²) in [7, 11) is 1.78. The van der Waals surface area contributed by atoms with Crippen LogP contribution >= 0.6 is 0 Å². The molecular formula is C22H24N6O3. The highest BCUT2D eigenvalue weighted by Crippen LogP contribution is 2.43. The molecular weight excluding hydrogens is 396 g/mol. The number of benzene rings is 1. The molecule has 2 aliphatic heterocycles. The van der Waals surface area contributed by atoms with Crippen LogP contribution < -0.4 is 9.64 Å². The van der Waals surface area contributed by atoms with E-state index in [1.54, 1.807) is 11.9 Å². The summed E-state index contributed by atoms with van der Waals surface area (Å²) in [6, 6.07) is 6.06. The van der Waals surface area contributed by atoms with Crippen molar-refractivity contribution in [1.82, 2.24) is 19.6 Å². The van der Waals surface area contributed by atoms with Crippen LogP contribution in [0.15, 0.2) is 16.7 Å². The van der Waals surface area contributed by atoms with Gasteiger partial charge in [-0.3, -0.25) is 4.79 Å². The minimum absolute atomic E-state index is 0.0747. The van der Waals surface area contributed by atoms with Crippen LogP contribution in [0.25, 0.3) is 22.2 Å². The number of ether oxygens (including phenoxy) is 1. The standard InChI is InChI=1S/C22H24N6O3/c1-13-19(14(2)31-25-13)16-4-5-17-20-21(16)30-11-10-28(20)22(24-17)27-9-7-15(12-27)26(3)18(29)6-8-23/h4-5,15H,6-7,9-12H2,1-3H3/t15-/m1/s1. The van der Waals surface area contributed by atoms with Gasteiger partial charge < -0.3 is 23.6 Å². The fourth-order valence-corrected chi connectivity index (χ4v) is 4.72. The molecule has 9 heteroatoms. The Balaban J connectivity index is 1.52. The number of rotatable bonds is 4. The van der Waals surface area contributed by atoms with Gasteiger partial charge in [0.25, 0.3) is 0 Å². The topological polar surface area (TPSA) is 100 Å². The van der Waals surface area contributed by atoms with Crippen LogP contribution in [0.5, 0.6) is 5.75 Å². The van der Waals surface area contributed by atoms with E-state index >= 15 is 0 Å². The maximum Gasteiger partial charge on any atom is 0.236 e. The van der Waals surface area contributed by atoms with Crippen molar-refractivity contribution in [3.8, 4) is 22.9 Å². The number of aromatic nitrogens is 3. The van der Waals surface area contributed by atoms with Gasteiger partial charge in [-0.15, -0.1) is 0 Å². The molecule has 1 saturated heterocycles. The molecule has 2 aromatic heterocycles. The SMILES string of the molecule is Cc1noc(C)c1-c1ccc2nc(N3CC[C@@H](N(C)C(=O)CC#N)C3)n3c2c1OCC3. The second-order valence-corrected chi connectivity index (χ2v) is 8.15. The summed E-state index contributed by atoms with van der Waals surface area (Å²) in [5.41, 5.74) is 4.64. The van der Waals surface area contributed by atoms with Crippen molar-refractivity contribution in [3.63, 3.8) is 0 Å². The Morgan fingerprint density at radius 3 is 2.94 bits per heavy atom. The molecule has 0 saturated carbocycles. The van der Waals surface area contributed by atoms with Gasteiger partial charge in [-0.05, 0) is 32.4 Å². The first-order chi connectivity index (χ1) is 15.0. The molecule has 1 fully saturated rings. The van der Waals surface area contributed by atoms with Crippen LogP contribution in [0.2, 0.25) is 0 Å². The summed E-state index contributed by atoms with van der Waals surface area (Å²) in [6.45, 7) is 6.63. The van der Waals surface area contributed by atoms with E-state index in [-0.39, 0.29) is 18.4 Å². The van der Waals surface area contributed by atoms with E-state index in [4.69, 9.17) is 19.5 Å². The number of carbonyl (C=O) groups excluding carboxylic acids is 1. The van der Waals surface area contributed by atoms with Gasteiger partial charge in [0.05, 0.1) is 35.4 Å². The lowest BCUT2D eigenvalue weighted by molar-refractivity contribution is -0.130. The highest BCUT2D eigenvalue weighted by molar-refractivity contribution is 5.93. The van der Waals surface area contributed by atoms with Gasteiger partial charge in [-0.2, -0.15) is 5.26 Å². The zero-order valence-electron chi connectivity index (χ0n) is 17.9. The molecule has 1 aromatic carbocycles. The van der Waals surface area contributed by atoms with Crippen molar-refractivity contribution in [1.29, 1.82) is 5.26 Å². The lowest BCUT2D eigenvalue weighted by Gasteiger charge is -2.26. The highest BCUT2D eigenvalue weighted by atomic mass is 16.5. The summed E-state index contributed by atoms with van der Waals surface area (Å²) < 4.78 is 13.7. The van der Waals surface area contributed by atoms with E-state index in [1.165, 1.54) is 0 Å². The maximum atomic E-state index is 12.1. The fraction of sp³-hybridized carbons (Fsp3) is 0.455. The smallest absolute Gasteiger partial charge is 0.236 e. The maximum absolute atomic E-state index is 12.1. The summed E-state index contributed by atoms with van der Waals surface area (Å²) in [4.78, 5) is 21.0. The second kappa shape index (κ2) is 7.30. The predicted molar refractivity (Wildman–Crippen MR) is 114 cm³/mol. The molecule has 4 heterocycles. The molecule has 3 aromatic rings. The van der Waals surface area contributed by atoms with Crippen LogP contribution in [0.1, 0.15) is 24.3 Å². The summed E-state index contributed by atoms with van der Waals surface area (Å²) in [6.07, 6.45) is 0.765. The minimum atomic E-state index is -0.135. The highest BCUT2D eigenvalue weighted by Gasteiger charge is 2.33. The van der Waals surface area contributed by atoms with Gasteiger partial charge in [-0.1, -0.05) is 5.16 Å². The van der Waals surface area contributed by atoms with Gasteiger partial charge in [0.2, 0.25) is 11.9 Å². The van der Waals surface area contributed by atoms with E-state index < -0.39 is 0 Å². The zero-order valence-corrected chi connectivity index (χ0v) is 17.9. The Morgan fingerprint density at radius 2 is 2.19 bits per heavy atom. The van der Waals surface area contributed by atoms with Crippen LogP contribution in [0, 0.1) is 25.2 Å². The van der Waals surface area contributed by atoms with E-state index in [0.717, 1.165) is 58.3 Å². The predicted octanol–water partition coefficient (Wildman–Crippen LogP) is 2.65. The average molecular weight is 420 g/mol. The van der Waals surface area contributed by atoms with Crippen molar-refractivity contribution in [2.24, 2.45) is 0 Å². The van der Waals surface area contributed by atoms with Crippen LogP contribution in [0.3, 0.4) is 0 Å². The molecule has 0 N–H and O–H groups in total. The number of amides is 1. The molecule has 2 aliphatic rings. The van der Waals surface area contributed by atoms with Crippen molar-refractivity contribution in [3.05, 3.63) is 23.6 Å². The average Bonchev–Trinajstić information content (AvgIpc) is 3.47. The first-order valence-corrected chi connectivity index (χ1v) is 10.5. The van der Waals surface area contributed by atoms with Crippen molar-refractivity contribution in [2.75, 3.05) is 31.6 Å². The number of hydrogen-bond acceptors (Lipinski definition) is 7. The van der Waals surface area contributed by atoms with Gasteiger partial charge in [0, 0.05) is 25.7 Å². The molecule has 31 heavy (non-hydrogen) atoms. The third-order valence-corrected chi connectivity index (χ3v) is 6.32. The Bertz CT molecular complexity index is 1200. The molecule has 0 spiro atoms. The van der Waals surface area contributed by atoms with E-state index in [9.17, 15) is 4.79 Å². The molecule has 0 radical (unpaired) electrons. The molecule has 1 amide bonds. The number of anilines is 1. The zero-order chi connectivity index (χ0) is 21.7. The monoisotopic (exact) mass is 420 g/mol. The van der Waals surface area contributed by atoms with Crippen LogP contribution in [-0.2, 0) is 11.3 Å². The lowest BCUT2D eigenvalue weighted by atomic mass is 10.0. The van der Waals surface area contributed by atoms with Gasteiger partial charge >= 0.3 is 0 Å². The quantitative estimate of drug-likeness (QED) is 0.640. The first kappa shape index (κ1) is 19.4. The lowest BCUT2D eigenvalue weighted by Crippen LogP contribution is -2.39. The molecule has 1 atom stereocenters. The van der Waals surface area contributed by atoms with Gasteiger partial charge in [0.1, 0.15) is 24.3 Å². The normalized spacial score (nSPS) is 17.6. The summed E-state index contributed by atoms with van der Waals surface area (Å²) in [5, 5.41) is 12.9. The third-order valence-electron chi connectivity index (χ3n) is 6.32. The Labute approximate surface area is 179 Å². The van der Waals surface area contributed by atoms with Gasteiger partial charge in [-0.25, -0.2) is 4.98 Å². The number of imidazole rings is 1. The number of aryl methyl sites for hydroxylation is 2. The number of carbonyl (C=O) groups is 1. The van der Waals surface area contributed by atoms with E-state index in [0.29, 0.717) is 19.7 Å². The van der Waals surface area contributed by atoms with Crippen molar-refractivity contribution >= 4 is 22.9 Å². The molecule has 5 rings (SSSR count). The van der Waals surface area contributed by atoms with Crippen molar-refractivity contribution in [2.45, 2.75) is 39.3 Å². The fourth-order valence-electron chi connectivity index (χ4n) is 4.72. The number of nitriles is 1. The Kier molecular flexibility index (Phi) is 4.58. The summed E-state index contributed by atoms with van der Waals surface area (Å²) in [5.74, 6) is 2.35. The molecule has 160 valence electrons. The number of nitrogens with zero attached hydrogens (tertiary/aromatic N) is 6. The second-order valence-electron chi connectivity index (χ2n) is 8.15. The molecule has 0 bridgehead atoms. The minimum Gasteiger partial charge on any atom is -0.489 e. The molecule has 9 nitrogen and oxygen atoms in total. The summed E-state index contributed by atoms with van der Waals surface area (Å²) >= 11 is 0. The first-order valence-electron chi connectivity index (χ1n) is 10.5. The largest absolute Gasteiger partial charge is 0.489 e. The van der Waals surface area contributed by atoms with E-state index in [2.05, 4.69) is 14.6 Å². The number of hydrogen-bond donors (Lipinski definition) is 0. The Hall–Kier alpha value is -3.54. The van der Waals surface area contributed by atoms with Crippen LogP contribution in [-0.4, -0.2) is 58.3 Å². The Morgan fingerprint density at radius 1 is 1.35 bits per heavy atom. The third kappa shape index (κ3) is 3.02. The van der Waals surface area contributed by atoms with Crippen LogP contribution in [0.4, 0.5) is 5.95 Å². The number of likely N-dealkylation sites (N-methyl/N-ethyl adjacent to an activating group) is 1. The van der Waals surface area contributed by atoms with E-state index in [1.807, 2.05) is 32.0 Å². The molecule has 0 aliphatic carbocycles.